The van der Waals surface area contributed by atoms with E-state index in [4.69, 9.17) is 20.9 Å². The number of aromatic hydroxyl groups is 2. The molecule has 16 fully saturated rings. The molecule has 0 radical (unpaired) electrons. The molecule has 16 aliphatic rings. The Bertz CT molecular complexity index is 2040. The third kappa shape index (κ3) is 5.55. The quantitative estimate of drug-likeness (QED) is 0.133. The van der Waals surface area contributed by atoms with Gasteiger partial charge in [0.2, 0.25) is 0 Å². The molecule has 3 aromatic carbocycles. The van der Waals surface area contributed by atoms with Crippen LogP contribution in [-0.4, -0.2) is 10.2 Å². The number of hydrogen-bond donors (Lipinski definition) is 4. The van der Waals surface area contributed by atoms with E-state index in [2.05, 4.69) is 12.1 Å². The Balaban J connectivity index is 1.11. The summed E-state index contributed by atoms with van der Waals surface area (Å²) < 4.78 is 16.2. The van der Waals surface area contributed by atoms with Gasteiger partial charge in [0, 0.05) is 56.0 Å². The average Bonchev–Trinajstić information content (AvgIpc) is 3.21. The zero-order valence-corrected chi connectivity index (χ0v) is 38.2. The summed E-state index contributed by atoms with van der Waals surface area (Å²) in [5.41, 5.74) is 20.0. The molecular weight excluding hydrogens is 789 g/mol. The third-order valence-corrected chi connectivity index (χ3v) is 22.1. The standard InChI is InChI=1S/C58H72N2O4/c59-45-3-1-43(17-47(45)61)63-53-49(55-19-31-5-32(20-55)7-33(6-31)21-55)51(57-25-37-11-38(26-57)13-39(12-37)27-57)54(64-44-2-4-46(60)48(62)18-44)52(58-28-40-14-41(29-58)16-42(15-40)30-58)50(53)56-22-34-8-35(23-56)10-36(9-34)24-56/h1-4,17-18,31-42,61-62H,5-16,19-30,59-60H2. The van der Waals surface area contributed by atoms with Crippen molar-refractivity contribution in [3.05, 3.63) is 58.7 Å². The first kappa shape index (κ1) is 38.6. The van der Waals surface area contributed by atoms with Gasteiger partial charge in [-0.15, -0.1) is 0 Å². The summed E-state index contributed by atoms with van der Waals surface area (Å²) in [6, 6.07) is 11.6. The average molecular weight is 861 g/mol. The minimum atomic E-state index is 0.0248. The van der Waals surface area contributed by atoms with Crippen LogP contribution in [0.25, 0.3) is 0 Å². The number of anilines is 2. The lowest BCUT2D eigenvalue weighted by Gasteiger charge is -2.64. The SMILES string of the molecule is Nc1ccc(Oc2c(C34CC5CC(CC(C5)C3)C4)c(C34CC5CC(CC(C5)C3)C4)c(Oc3ccc(N)c(O)c3)c(C34CC5CC(CC(C5)C3)C4)c2C23CC4CC(CC(C4)C2)C3)cc1O. The molecular formula is C58H72N2O4. The predicted octanol–water partition coefficient (Wildman–Crippen LogP) is 13.7. The van der Waals surface area contributed by atoms with Crippen molar-refractivity contribution in [2.75, 3.05) is 11.5 Å². The Morgan fingerprint density at radius 2 is 0.547 bits per heavy atom. The number of nitrogens with two attached hydrogens (primary N) is 2. The van der Waals surface area contributed by atoms with Crippen LogP contribution in [0.1, 0.15) is 176 Å². The summed E-state index contributed by atoms with van der Waals surface area (Å²) in [6.07, 6.45) is 32.0. The maximum Gasteiger partial charge on any atom is 0.142 e. The third-order valence-electron chi connectivity index (χ3n) is 22.1. The van der Waals surface area contributed by atoms with E-state index >= 15 is 0 Å². The van der Waals surface area contributed by atoms with Gasteiger partial charge in [0.05, 0.1) is 11.4 Å². The molecule has 0 spiro atoms. The van der Waals surface area contributed by atoms with E-state index in [9.17, 15) is 10.2 Å². The second-order valence-electron chi connectivity index (χ2n) is 26.6. The summed E-state index contributed by atoms with van der Waals surface area (Å²) in [5.74, 6) is 13.5. The smallest absolute Gasteiger partial charge is 0.142 e. The molecule has 0 amide bonds. The molecule has 338 valence electrons. The van der Waals surface area contributed by atoms with Crippen LogP contribution in [-0.2, 0) is 21.7 Å². The van der Waals surface area contributed by atoms with Gasteiger partial charge in [0.15, 0.2) is 0 Å². The highest BCUT2D eigenvalue weighted by Crippen LogP contribution is 2.75. The second kappa shape index (κ2) is 13.1. The normalized spacial score (nSPS) is 45.8. The van der Waals surface area contributed by atoms with Crippen LogP contribution in [0.3, 0.4) is 0 Å². The molecule has 0 aromatic heterocycles. The van der Waals surface area contributed by atoms with Crippen molar-refractivity contribution >= 4 is 11.4 Å². The number of ether oxygens (including phenoxy) is 2. The fourth-order valence-corrected chi connectivity index (χ4v) is 22.0. The molecule has 19 rings (SSSR count). The van der Waals surface area contributed by atoms with E-state index in [1.54, 1.807) is 22.3 Å². The van der Waals surface area contributed by atoms with E-state index in [1.807, 2.05) is 24.3 Å². The predicted molar refractivity (Wildman–Crippen MR) is 251 cm³/mol. The van der Waals surface area contributed by atoms with Gasteiger partial charge in [-0.2, -0.15) is 0 Å². The maximum atomic E-state index is 11.4. The van der Waals surface area contributed by atoms with Crippen molar-refractivity contribution in [1.82, 2.24) is 0 Å². The Morgan fingerprint density at radius 3 is 0.734 bits per heavy atom. The topological polar surface area (TPSA) is 111 Å². The van der Waals surface area contributed by atoms with Gasteiger partial charge in [-0.25, -0.2) is 0 Å². The van der Waals surface area contributed by atoms with E-state index in [-0.39, 0.29) is 33.2 Å². The lowest BCUT2D eigenvalue weighted by molar-refractivity contribution is -0.0251. The van der Waals surface area contributed by atoms with Crippen LogP contribution < -0.4 is 20.9 Å². The molecule has 0 saturated heterocycles. The first-order valence-electron chi connectivity index (χ1n) is 26.8. The molecule has 6 nitrogen and oxygen atoms in total. The fourth-order valence-electron chi connectivity index (χ4n) is 22.0. The van der Waals surface area contributed by atoms with Gasteiger partial charge in [0.1, 0.15) is 34.5 Å². The zero-order chi connectivity index (χ0) is 42.5. The number of hydrogen-bond acceptors (Lipinski definition) is 6. The minimum Gasteiger partial charge on any atom is -0.506 e. The lowest BCUT2D eigenvalue weighted by Crippen LogP contribution is -2.55. The fraction of sp³-hybridized carbons (Fsp3) is 0.690. The second-order valence-corrected chi connectivity index (χ2v) is 26.6. The van der Waals surface area contributed by atoms with Crippen molar-refractivity contribution in [1.29, 1.82) is 0 Å². The first-order valence-corrected chi connectivity index (χ1v) is 26.8. The van der Waals surface area contributed by atoms with Crippen LogP contribution in [0.15, 0.2) is 36.4 Å². The molecule has 64 heavy (non-hydrogen) atoms. The monoisotopic (exact) mass is 861 g/mol. The largest absolute Gasteiger partial charge is 0.506 e. The van der Waals surface area contributed by atoms with E-state index in [1.165, 1.54) is 166 Å². The van der Waals surface area contributed by atoms with Gasteiger partial charge in [-0.3, -0.25) is 0 Å². The summed E-state index contributed by atoms with van der Waals surface area (Å²) >= 11 is 0. The van der Waals surface area contributed by atoms with Crippen LogP contribution in [0.2, 0.25) is 0 Å². The van der Waals surface area contributed by atoms with E-state index in [0.29, 0.717) is 11.4 Å². The van der Waals surface area contributed by atoms with E-state index < -0.39 is 0 Å². The Kier molecular flexibility index (Phi) is 7.90. The molecule has 16 saturated carbocycles. The van der Waals surface area contributed by atoms with Crippen LogP contribution in [0, 0.1) is 71.0 Å². The highest BCUT2D eigenvalue weighted by atomic mass is 16.5. The molecule has 3 aromatic rings. The van der Waals surface area contributed by atoms with Gasteiger partial charge in [-0.05, 0) is 249 Å². The van der Waals surface area contributed by atoms with Gasteiger partial charge >= 0.3 is 0 Å². The number of phenolic OH excluding ortho intramolecular Hbond substituents is 2. The number of rotatable bonds is 8. The van der Waals surface area contributed by atoms with Gasteiger partial charge in [-0.1, -0.05) is 0 Å². The van der Waals surface area contributed by atoms with Crippen LogP contribution in [0.5, 0.6) is 34.5 Å². The molecule has 16 bridgehead atoms. The van der Waals surface area contributed by atoms with Crippen LogP contribution >= 0.6 is 0 Å². The molecule has 0 aliphatic heterocycles. The Labute approximate surface area is 381 Å². The van der Waals surface area contributed by atoms with Crippen molar-refractivity contribution in [2.45, 2.75) is 176 Å². The molecule has 6 heteroatoms. The number of benzene rings is 3. The molecule has 0 unspecified atom stereocenters. The van der Waals surface area contributed by atoms with Crippen molar-refractivity contribution in [3.63, 3.8) is 0 Å². The summed E-state index contributed by atoms with van der Waals surface area (Å²) in [7, 11) is 0. The summed E-state index contributed by atoms with van der Waals surface area (Å²) in [5, 5.41) is 22.8. The number of nitrogen functional groups attached to an aromatic ring is 2. The zero-order valence-electron chi connectivity index (χ0n) is 38.2. The van der Waals surface area contributed by atoms with E-state index in [0.717, 1.165) is 82.5 Å². The molecule has 0 heterocycles. The van der Waals surface area contributed by atoms with Crippen molar-refractivity contribution in [3.8, 4) is 34.5 Å². The van der Waals surface area contributed by atoms with Gasteiger partial charge in [0.25, 0.3) is 0 Å². The highest BCUT2D eigenvalue weighted by molar-refractivity contribution is 5.71. The number of phenols is 2. The first-order chi connectivity index (χ1) is 31.0. The molecule has 0 atom stereocenters. The minimum absolute atomic E-state index is 0.0248. The maximum absolute atomic E-state index is 11.4. The van der Waals surface area contributed by atoms with Crippen LogP contribution in [0.4, 0.5) is 11.4 Å². The summed E-state index contributed by atoms with van der Waals surface area (Å²) in [4.78, 5) is 0. The highest BCUT2D eigenvalue weighted by Gasteiger charge is 2.64. The lowest BCUT2D eigenvalue weighted by atomic mass is 9.41. The Morgan fingerprint density at radius 1 is 0.344 bits per heavy atom. The van der Waals surface area contributed by atoms with Crippen molar-refractivity contribution in [2.24, 2.45) is 71.0 Å². The van der Waals surface area contributed by atoms with Gasteiger partial charge < -0.3 is 31.2 Å². The molecule has 6 N–H and O–H groups in total. The summed E-state index contributed by atoms with van der Waals surface area (Å²) in [6.45, 7) is 0. The van der Waals surface area contributed by atoms with Crippen molar-refractivity contribution < 1.29 is 19.7 Å². The Hall–Kier alpha value is -3.54. The molecule has 16 aliphatic carbocycles.